The summed E-state index contributed by atoms with van der Waals surface area (Å²) in [6.07, 6.45) is 0. The van der Waals surface area contributed by atoms with E-state index in [9.17, 15) is 4.79 Å². The van der Waals surface area contributed by atoms with Crippen LogP contribution >= 0.6 is 11.3 Å². The molecule has 5 heteroatoms. The average Bonchev–Trinajstić information content (AvgIpc) is 3.05. The Bertz CT molecular complexity index is 809. The Labute approximate surface area is 145 Å². The summed E-state index contributed by atoms with van der Waals surface area (Å²) in [6, 6.07) is 15.2. The standard InChI is InChI=1S/C19H20N2O2S/c1-4-23-15-11-9-14(10-12-15)19(22)21(3)13(2)18-20-16-7-5-6-8-17(16)24-18/h5-13H,4H2,1-3H3/t13-/m1/s1. The zero-order valence-electron chi connectivity index (χ0n) is 14.0. The summed E-state index contributed by atoms with van der Waals surface area (Å²) in [5.74, 6) is 0.751. The van der Waals surface area contributed by atoms with E-state index < -0.39 is 0 Å². The third-order valence-corrected chi connectivity index (χ3v) is 5.19. The summed E-state index contributed by atoms with van der Waals surface area (Å²) in [6.45, 7) is 4.55. The molecular weight excluding hydrogens is 320 g/mol. The number of para-hydroxylation sites is 1. The Morgan fingerprint density at radius 1 is 1.21 bits per heavy atom. The largest absolute Gasteiger partial charge is 0.494 e. The van der Waals surface area contributed by atoms with Crippen molar-refractivity contribution in [3.63, 3.8) is 0 Å². The van der Waals surface area contributed by atoms with E-state index in [0.717, 1.165) is 21.0 Å². The molecule has 1 atom stereocenters. The SMILES string of the molecule is CCOc1ccc(C(=O)N(C)[C@H](C)c2nc3ccccc3s2)cc1. The number of aromatic nitrogens is 1. The highest BCUT2D eigenvalue weighted by Crippen LogP contribution is 2.29. The van der Waals surface area contributed by atoms with Gasteiger partial charge in [0.15, 0.2) is 0 Å². The fraction of sp³-hybridized carbons (Fsp3) is 0.263. The zero-order valence-corrected chi connectivity index (χ0v) is 14.8. The fourth-order valence-corrected chi connectivity index (χ4v) is 3.54. The third-order valence-electron chi connectivity index (χ3n) is 3.98. The first-order chi connectivity index (χ1) is 11.6. The lowest BCUT2D eigenvalue weighted by molar-refractivity contribution is 0.0742. The quantitative estimate of drug-likeness (QED) is 0.685. The van der Waals surface area contributed by atoms with Crippen LogP contribution in [0.4, 0.5) is 0 Å². The van der Waals surface area contributed by atoms with Gasteiger partial charge >= 0.3 is 0 Å². The van der Waals surface area contributed by atoms with Crippen molar-refractivity contribution < 1.29 is 9.53 Å². The van der Waals surface area contributed by atoms with Crippen molar-refractivity contribution in [3.05, 3.63) is 59.1 Å². The van der Waals surface area contributed by atoms with Gasteiger partial charge < -0.3 is 9.64 Å². The van der Waals surface area contributed by atoms with Crippen LogP contribution in [-0.2, 0) is 0 Å². The molecule has 0 saturated heterocycles. The van der Waals surface area contributed by atoms with Crippen LogP contribution in [0.15, 0.2) is 48.5 Å². The number of carbonyl (C=O) groups excluding carboxylic acids is 1. The Morgan fingerprint density at radius 3 is 2.58 bits per heavy atom. The van der Waals surface area contributed by atoms with E-state index in [2.05, 4.69) is 11.1 Å². The molecule has 1 aromatic heterocycles. The molecule has 2 aromatic carbocycles. The van der Waals surface area contributed by atoms with E-state index in [4.69, 9.17) is 4.74 Å². The van der Waals surface area contributed by atoms with Crippen LogP contribution in [0.2, 0.25) is 0 Å². The minimum atomic E-state index is -0.0820. The van der Waals surface area contributed by atoms with Crippen LogP contribution in [0.25, 0.3) is 10.2 Å². The van der Waals surface area contributed by atoms with Gasteiger partial charge in [0.1, 0.15) is 10.8 Å². The predicted octanol–water partition coefficient (Wildman–Crippen LogP) is 4.53. The molecule has 24 heavy (non-hydrogen) atoms. The topological polar surface area (TPSA) is 42.4 Å². The van der Waals surface area contributed by atoms with Gasteiger partial charge in [-0.05, 0) is 50.2 Å². The monoisotopic (exact) mass is 340 g/mol. The molecule has 1 amide bonds. The molecule has 3 rings (SSSR count). The summed E-state index contributed by atoms with van der Waals surface area (Å²) in [4.78, 5) is 19.1. The average molecular weight is 340 g/mol. The molecular formula is C19H20N2O2S. The van der Waals surface area contributed by atoms with Gasteiger partial charge in [-0.15, -0.1) is 11.3 Å². The van der Waals surface area contributed by atoms with Crippen LogP contribution in [0.3, 0.4) is 0 Å². The summed E-state index contributed by atoms with van der Waals surface area (Å²) < 4.78 is 6.56. The highest BCUT2D eigenvalue weighted by atomic mass is 32.1. The number of fused-ring (bicyclic) bond motifs is 1. The van der Waals surface area contributed by atoms with Gasteiger partial charge in [0.25, 0.3) is 5.91 Å². The van der Waals surface area contributed by atoms with Crippen LogP contribution < -0.4 is 4.74 Å². The molecule has 0 aliphatic rings. The van der Waals surface area contributed by atoms with Crippen molar-refractivity contribution >= 4 is 27.5 Å². The second-order valence-corrected chi connectivity index (χ2v) is 6.63. The Morgan fingerprint density at radius 2 is 1.92 bits per heavy atom. The molecule has 0 radical (unpaired) electrons. The van der Waals surface area contributed by atoms with E-state index in [1.807, 2.05) is 51.2 Å². The number of rotatable bonds is 5. The second-order valence-electron chi connectivity index (χ2n) is 5.57. The Balaban J connectivity index is 1.78. The molecule has 0 fully saturated rings. The van der Waals surface area contributed by atoms with Gasteiger partial charge in [0.2, 0.25) is 0 Å². The zero-order chi connectivity index (χ0) is 17.1. The van der Waals surface area contributed by atoms with Crippen LogP contribution in [0, 0.1) is 0 Å². The number of hydrogen-bond acceptors (Lipinski definition) is 4. The number of hydrogen-bond donors (Lipinski definition) is 0. The number of amides is 1. The molecule has 0 aliphatic heterocycles. The maximum atomic E-state index is 12.7. The molecule has 1 heterocycles. The van der Waals surface area contributed by atoms with Crippen molar-refractivity contribution in [2.45, 2.75) is 19.9 Å². The van der Waals surface area contributed by atoms with E-state index in [1.54, 1.807) is 28.4 Å². The molecule has 0 aliphatic carbocycles. The normalized spacial score (nSPS) is 12.1. The lowest BCUT2D eigenvalue weighted by atomic mass is 10.1. The number of nitrogens with zero attached hydrogens (tertiary/aromatic N) is 2. The lowest BCUT2D eigenvalue weighted by Gasteiger charge is -2.23. The van der Waals surface area contributed by atoms with Crippen molar-refractivity contribution in [1.82, 2.24) is 9.88 Å². The van der Waals surface area contributed by atoms with Crippen molar-refractivity contribution in [1.29, 1.82) is 0 Å². The van der Waals surface area contributed by atoms with Gasteiger partial charge in [-0.1, -0.05) is 12.1 Å². The first kappa shape index (κ1) is 16.5. The number of benzene rings is 2. The van der Waals surface area contributed by atoms with Gasteiger partial charge in [0, 0.05) is 12.6 Å². The van der Waals surface area contributed by atoms with Gasteiger partial charge in [-0.25, -0.2) is 4.98 Å². The number of thiazole rings is 1. The summed E-state index contributed by atoms with van der Waals surface area (Å²) in [7, 11) is 1.82. The van der Waals surface area contributed by atoms with Crippen molar-refractivity contribution in [2.75, 3.05) is 13.7 Å². The molecule has 0 bridgehead atoms. The molecule has 3 aromatic rings. The van der Waals surface area contributed by atoms with E-state index in [1.165, 1.54) is 0 Å². The smallest absolute Gasteiger partial charge is 0.254 e. The minimum Gasteiger partial charge on any atom is -0.494 e. The van der Waals surface area contributed by atoms with E-state index in [0.29, 0.717) is 12.2 Å². The van der Waals surface area contributed by atoms with Crippen molar-refractivity contribution in [2.24, 2.45) is 0 Å². The molecule has 4 nitrogen and oxygen atoms in total. The number of ether oxygens (including phenoxy) is 1. The van der Waals surface area contributed by atoms with Gasteiger partial charge in [0.05, 0.1) is 22.9 Å². The fourth-order valence-electron chi connectivity index (χ4n) is 2.47. The van der Waals surface area contributed by atoms with Crippen molar-refractivity contribution in [3.8, 4) is 5.75 Å². The summed E-state index contributed by atoms with van der Waals surface area (Å²) in [5.41, 5.74) is 1.63. The molecule has 0 spiro atoms. The predicted molar refractivity (Wildman–Crippen MR) is 97.7 cm³/mol. The second kappa shape index (κ2) is 7.01. The van der Waals surface area contributed by atoms with E-state index >= 15 is 0 Å². The van der Waals surface area contributed by atoms with Crippen LogP contribution in [0.5, 0.6) is 5.75 Å². The first-order valence-corrected chi connectivity index (χ1v) is 8.77. The van der Waals surface area contributed by atoms with Gasteiger partial charge in [-0.3, -0.25) is 4.79 Å². The van der Waals surface area contributed by atoms with Gasteiger partial charge in [-0.2, -0.15) is 0 Å². The molecule has 124 valence electrons. The highest BCUT2D eigenvalue weighted by Gasteiger charge is 2.21. The molecule has 0 unspecified atom stereocenters. The lowest BCUT2D eigenvalue weighted by Crippen LogP contribution is -2.29. The van der Waals surface area contributed by atoms with Crippen LogP contribution in [-0.4, -0.2) is 29.4 Å². The maximum Gasteiger partial charge on any atom is 0.254 e. The molecule has 0 N–H and O–H groups in total. The maximum absolute atomic E-state index is 12.7. The molecule has 0 saturated carbocycles. The third kappa shape index (κ3) is 3.26. The summed E-state index contributed by atoms with van der Waals surface area (Å²) >= 11 is 1.63. The number of carbonyl (C=O) groups is 1. The Kier molecular flexibility index (Phi) is 4.81. The Hall–Kier alpha value is -2.40. The van der Waals surface area contributed by atoms with E-state index in [-0.39, 0.29) is 11.9 Å². The minimum absolute atomic E-state index is 0.0233. The highest BCUT2D eigenvalue weighted by molar-refractivity contribution is 7.18. The first-order valence-electron chi connectivity index (χ1n) is 7.95. The van der Waals surface area contributed by atoms with Crippen LogP contribution in [0.1, 0.15) is 35.3 Å². The summed E-state index contributed by atoms with van der Waals surface area (Å²) in [5, 5.41) is 0.943.